The number of benzene rings is 1. The summed E-state index contributed by atoms with van der Waals surface area (Å²) in [5.41, 5.74) is 2.92. The van der Waals surface area contributed by atoms with Crippen LogP contribution in [-0.2, 0) is 0 Å². The topological polar surface area (TPSA) is 53.1 Å². The van der Waals surface area contributed by atoms with Crippen LogP contribution in [0.5, 0.6) is 0 Å². The van der Waals surface area contributed by atoms with Crippen LogP contribution in [0.25, 0.3) is 0 Å². The normalized spacial score (nSPS) is 10.8. The molecule has 1 aromatic carbocycles. The molecule has 0 radical (unpaired) electrons. The second-order valence-corrected chi connectivity index (χ2v) is 5.97. The first kappa shape index (κ1) is 16.5. The van der Waals surface area contributed by atoms with Crippen molar-refractivity contribution in [3.63, 3.8) is 0 Å². The van der Waals surface area contributed by atoms with E-state index in [4.69, 9.17) is 11.6 Å². The predicted molar refractivity (Wildman–Crippen MR) is 93.3 cm³/mol. The van der Waals surface area contributed by atoms with Gasteiger partial charge in [-0.2, -0.15) is 4.98 Å². The largest absolute Gasteiger partial charge is 0.369 e. The molecule has 0 aliphatic carbocycles. The van der Waals surface area contributed by atoms with Crippen LogP contribution in [0.2, 0.25) is 5.02 Å². The van der Waals surface area contributed by atoms with Gasteiger partial charge in [-0.25, -0.2) is 4.98 Å². The Balaban J connectivity index is 2.13. The maximum Gasteiger partial charge on any atom is 0.229 e. The molecule has 0 aliphatic rings. The van der Waals surface area contributed by atoms with E-state index in [1.807, 2.05) is 52.2 Å². The van der Waals surface area contributed by atoms with Crippen LogP contribution in [-0.4, -0.2) is 42.1 Å². The molecule has 2 aromatic rings. The Kier molecular flexibility index (Phi) is 5.57. The molecule has 0 fully saturated rings. The lowest BCUT2D eigenvalue weighted by molar-refractivity contribution is 0.425. The van der Waals surface area contributed by atoms with E-state index in [9.17, 15) is 0 Å². The maximum absolute atomic E-state index is 6.05. The molecule has 1 aromatic heterocycles. The third-order valence-corrected chi connectivity index (χ3v) is 3.40. The average molecular weight is 320 g/mol. The molecule has 0 saturated heterocycles. The summed E-state index contributed by atoms with van der Waals surface area (Å²) in [6.45, 7) is 5.75. The van der Waals surface area contributed by atoms with Crippen molar-refractivity contribution < 1.29 is 0 Å². The Morgan fingerprint density at radius 2 is 1.91 bits per heavy atom. The molecule has 0 unspecified atom stereocenters. The van der Waals surface area contributed by atoms with Gasteiger partial charge in [0.2, 0.25) is 5.95 Å². The second kappa shape index (κ2) is 7.42. The number of rotatable bonds is 6. The molecule has 2 N–H and O–H groups in total. The standard InChI is InChI=1S/C16H22ClN5/c1-11-5-6-13(17)10-14(11)20-16-19-12(2)9-15(21-16)18-7-8-22(3)4/h5-6,9-10H,7-8H2,1-4H3,(H2,18,19,20,21). The first-order valence-electron chi connectivity index (χ1n) is 7.21. The summed E-state index contributed by atoms with van der Waals surface area (Å²) in [5.74, 6) is 1.38. The van der Waals surface area contributed by atoms with E-state index in [1.165, 1.54) is 0 Å². The van der Waals surface area contributed by atoms with Crippen molar-refractivity contribution in [2.45, 2.75) is 13.8 Å². The number of hydrogen-bond donors (Lipinski definition) is 2. The van der Waals surface area contributed by atoms with Gasteiger partial charge in [0, 0.05) is 35.6 Å². The van der Waals surface area contributed by atoms with E-state index >= 15 is 0 Å². The number of aryl methyl sites for hydroxylation is 2. The van der Waals surface area contributed by atoms with E-state index in [-0.39, 0.29) is 0 Å². The van der Waals surface area contributed by atoms with Gasteiger partial charge in [0.25, 0.3) is 0 Å². The zero-order valence-corrected chi connectivity index (χ0v) is 14.2. The highest BCUT2D eigenvalue weighted by Gasteiger charge is 2.05. The number of nitrogens with zero attached hydrogens (tertiary/aromatic N) is 3. The number of anilines is 3. The number of likely N-dealkylation sites (N-methyl/N-ethyl adjacent to an activating group) is 1. The van der Waals surface area contributed by atoms with Crippen molar-refractivity contribution in [2.24, 2.45) is 0 Å². The van der Waals surface area contributed by atoms with Gasteiger partial charge in [-0.3, -0.25) is 0 Å². The molecular weight excluding hydrogens is 298 g/mol. The SMILES string of the molecule is Cc1cc(NCCN(C)C)nc(Nc2cc(Cl)ccc2C)n1. The quantitative estimate of drug-likeness (QED) is 0.854. The van der Waals surface area contributed by atoms with Crippen molar-refractivity contribution in [1.29, 1.82) is 0 Å². The van der Waals surface area contributed by atoms with Crippen LogP contribution in [0.4, 0.5) is 17.5 Å². The Morgan fingerprint density at radius 3 is 2.64 bits per heavy atom. The molecule has 1 heterocycles. The van der Waals surface area contributed by atoms with Crippen LogP contribution in [0.15, 0.2) is 24.3 Å². The molecule has 0 saturated carbocycles. The summed E-state index contributed by atoms with van der Waals surface area (Å²) in [5, 5.41) is 7.23. The first-order valence-corrected chi connectivity index (χ1v) is 7.59. The smallest absolute Gasteiger partial charge is 0.229 e. The van der Waals surface area contributed by atoms with Gasteiger partial charge >= 0.3 is 0 Å². The monoisotopic (exact) mass is 319 g/mol. The summed E-state index contributed by atoms with van der Waals surface area (Å²) < 4.78 is 0. The summed E-state index contributed by atoms with van der Waals surface area (Å²) in [6.07, 6.45) is 0. The number of halogens is 1. The van der Waals surface area contributed by atoms with Crippen LogP contribution in [0, 0.1) is 13.8 Å². The average Bonchev–Trinajstić information content (AvgIpc) is 2.42. The van der Waals surface area contributed by atoms with Gasteiger partial charge in [-0.1, -0.05) is 17.7 Å². The van der Waals surface area contributed by atoms with Gasteiger partial charge in [0.15, 0.2) is 0 Å². The van der Waals surface area contributed by atoms with Gasteiger partial charge in [-0.05, 0) is 45.6 Å². The minimum absolute atomic E-state index is 0.567. The highest BCUT2D eigenvalue weighted by atomic mass is 35.5. The molecule has 0 amide bonds. The number of nitrogens with one attached hydrogen (secondary N) is 2. The third-order valence-electron chi connectivity index (χ3n) is 3.17. The lowest BCUT2D eigenvalue weighted by atomic mass is 10.2. The van der Waals surface area contributed by atoms with Crippen molar-refractivity contribution in [3.05, 3.63) is 40.5 Å². The van der Waals surface area contributed by atoms with Gasteiger partial charge in [0.1, 0.15) is 5.82 Å². The molecule has 22 heavy (non-hydrogen) atoms. The summed E-state index contributed by atoms with van der Waals surface area (Å²) in [6, 6.07) is 7.65. The van der Waals surface area contributed by atoms with Crippen molar-refractivity contribution >= 4 is 29.1 Å². The molecule has 0 spiro atoms. The van der Waals surface area contributed by atoms with E-state index in [0.29, 0.717) is 11.0 Å². The fraction of sp³-hybridized carbons (Fsp3) is 0.375. The lowest BCUT2D eigenvalue weighted by Crippen LogP contribution is -2.21. The first-order chi connectivity index (χ1) is 10.4. The fourth-order valence-electron chi connectivity index (χ4n) is 1.97. The van der Waals surface area contributed by atoms with Crippen LogP contribution in [0.3, 0.4) is 0 Å². The lowest BCUT2D eigenvalue weighted by Gasteiger charge is -2.13. The van der Waals surface area contributed by atoms with Crippen LogP contribution < -0.4 is 10.6 Å². The van der Waals surface area contributed by atoms with E-state index in [0.717, 1.165) is 35.9 Å². The molecule has 0 atom stereocenters. The maximum atomic E-state index is 6.05. The Hall–Kier alpha value is -1.85. The third kappa shape index (κ3) is 4.86. The van der Waals surface area contributed by atoms with Gasteiger partial charge in [0.05, 0.1) is 0 Å². The fourth-order valence-corrected chi connectivity index (χ4v) is 2.14. The minimum atomic E-state index is 0.567. The van der Waals surface area contributed by atoms with E-state index < -0.39 is 0 Å². The van der Waals surface area contributed by atoms with Crippen LogP contribution >= 0.6 is 11.6 Å². The van der Waals surface area contributed by atoms with Crippen molar-refractivity contribution in [1.82, 2.24) is 14.9 Å². The highest BCUT2D eigenvalue weighted by molar-refractivity contribution is 6.30. The second-order valence-electron chi connectivity index (χ2n) is 5.53. The molecule has 118 valence electrons. The summed E-state index contributed by atoms with van der Waals surface area (Å²) in [7, 11) is 4.09. The minimum Gasteiger partial charge on any atom is -0.369 e. The molecule has 0 bridgehead atoms. The Bertz CT molecular complexity index is 642. The van der Waals surface area contributed by atoms with Gasteiger partial charge < -0.3 is 15.5 Å². The summed E-state index contributed by atoms with van der Waals surface area (Å²) >= 11 is 6.05. The van der Waals surface area contributed by atoms with Crippen molar-refractivity contribution in [3.8, 4) is 0 Å². The number of aromatic nitrogens is 2. The zero-order chi connectivity index (χ0) is 16.1. The molecule has 6 heteroatoms. The number of hydrogen-bond acceptors (Lipinski definition) is 5. The molecule has 0 aliphatic heterocycles. The van der Waals surface area contributed by atoms with Crippen LogP contribution in [0.1, 0.15) is 11.3 Å². The van der Waals surface area contributed by atoms with Gasteiger partial charge in [-0.15, -0.1) is 0 Å². The molecule has 5 nitrogen and oxygen atoms in total. The predicted octanol–water partition coefficient (Wildman–Crippen LogP) is 3.46. The molecular formula is C16H22ClN5. The Labute approximate surface area is 136 Å². The summed E-state index contributed by atoms with van der Waals surface area (Å²) in [4.78, 5) is 11.0. The molecule has 2 rings (SSSR count). The van der Waals surface area contributed by atoms with E-state index in [1.54, 1.807) is 0 Å². The zero-order valence-electron chi connectivity index (χ0n) is 13.4. The Morgan fingerprint density at radius 1 is 1.14 bits per heavy atom. The van der Waals surface area contributed by atoms with Crippen molar-refractivity contribution in [2.75, 3.05) is 37.8 Å². The highest BCUT2D eigenvalue weighted by Crippen LogP contribution is 2.23. The van der Waals surface area contributed by atoms with E-state index in [2.05, 4.69) is 25.5 Å².